The van der Waals surface area contributed by atoms with Crippen molar-refractivity contribution in [3.8, 4) is 0 Å². The molecule has 0 saturated carbocycles. The van der Waals surface area contributed by atoms with Gasteiger partial charge >= 0.3 is 0 Å². The Morgan fingerprint density at radius 3 is 2.21 bits per heavy atom. The number of amides is 1. The Morgan fingerprint density at radius 1 is 1.06 bits per heavy atom. The normalized spacial score (nSPS) is 16.4. The van der Waals surface area contributed by atoms with Gasteiger partial charge in [0.1, 0.15) is 0 Å². The van der Waals surface area contributed by atoms with Crippen LogP contribution in [0.25, 0.3) is 0 Å². The fourth-order valence-corrected chi connectivity index (χ4v) is 4.31. The van der Waals surface area contributed by atoms with Crippen LogP contribution in [0.1, 0.15) is 63.7 Å². The molecule has 0 saturated heterocycles. The average molecular weight is 492 g/mol. The summed E-state index contributed by atoms with van der Waals surface area (Å²) in [6.07, 6.45) is 1.59. The summed E-state index contributed by atoms with van der Waals surface area (Å²) in [7, 11) is 0. The zero-order chi connectivity index (χ0) is 24.8. The molecule has 4 nitrogen and oxygen atoms in total. The maximum atomic E-state index is 13.5. The predicted molar refractivity (Wildman–Crippen MR) is 137 cm³/mol. The van der Waals surface area contributed by atoms with E-state index in [2.05, 4.69) is 11.9 Å². The number of hydrogen-bond donors (Lipinski definition) is 3. The van der Waals surface area contributed by atoms with Gasteiger partial charge in [-0.3, -0.25) is 4.79 Å². The first-order valence-corrected chi connectivity index (χ1v) is 11.9. The number of halogens is 2. The molecule has 33 heavy (non-hydrogen) atoms. The highest BCUT2D eigenvalue weighted by Crippen LogP contribution is 2.43. The first-order valence-electron chi connectivity index (χ1n) is 11.1. The quantitative estimate of drug-likeness (QED) is 0.341. The minimum absolute atomic E-state index is 0.162. The van der Waals surface area contributed by atoms with Gasteiger partial charge in [0.25, 0.3) is 0 Å². The van der Waals surface area contributed by atoms with Crippen molar-refractivity contribution in [2.24, 2.45) is 10.8 Å². The monoisotopic (exact) mass is 491 g/mol. The van der Waals surface area contributed by atoms with Crippen molar-refractivity contribution >= 4 is 29.1 Å². The van der Waals surface area contributed by atoms with Gasteiger partial charge in [-0.2, -0.15) is 0 Å². The molecule has 3 N–H and O–H groups in total. The van der Waals surface area contributed by atoms with E-state index in [1.807, 2.05) is 45.9 Å². The van der Waals surface area contributed by atoms with Crippen LogP contribution in [0.3, 0.4) is 0 Å². The Morgan fingerprint density at radius 2 is 1.70 bits per heavy atom. The third-order valence-corrected chi connectivity index (χ3v) is 6.70. The molecule has 0 fully saturated rings. The zero-order valence-electron chi connectivity index (χ0n) is 19.8. The van der Waals surface area contributed by atoms with Crippen LogP contribution < -0.4 is 5.32 Å². The van der Waals surface area contributed by atoms with Crippen LogP contribution in [-0.4, -0.2) is 28.8 Å². The number of aliphatic hydroxyl groups is 2. The van der Waals surface area contributed by atoms with Gasteiger partial charge in [0, 0.05) is 16.0 Å². The molecule has 180 valence electrons. The van der Waals surface area contributed by atoms with Crippen LogP contribution in [0.4, 0.5) is 0 Å². The number of hydrogen-bond acceptors (Lipinski definition) is 3. The van der Waals surface area contributed by atoms with Gasteiger partial charge in [0.05, 0.1) is 24.2 Å². The van der Waals surface area contributed by atoms with Crippen molar-refractivity contribution in [3.63, 3.8) is 0 Å². The topological polar surface area (TPSA) is 69.6 Å². The van der Waals surface area contributed by atoms with Gasteiger partial charge in [0.15, 0.2) is 0 Å². The number of rotatable bonds is 10. The third-order valence-electron chi connectivity index (χ3n) is 6.22. The van der Waals surface area contributed by atoms with E-state index in [9.17, 15) is 15.0 Å². The lowest BCUT2D eigenvalue weighted by molar-refractivity contribution is -0.133. The Bertz CT molecular complexity index is 939. The fraction of sp³-hybridized carbons (Fsp3) is 0.444. The van der Waals surface area contributed by atoms with Crippen LogP contribution >= 0.6 is 23.2 Å². The molecule has 0 spiro atoms. The van der Waals surface area contributed by atoms with E-state index >= 15 is 0 Å². The number of benzene rings is 2. The molecular weight excluding hydrogens is 457 g/mol. The van der Waals surface area contributed by atoms with E-state index in [4.69, 9.17) is 23.2 Å². The lowest BCUT2D eigenvalue weighted by atomic mass is 9.72. The van der Waals surface area contributed by atoms with Crippen molar-refractivity contribution in [3.05, 3.63) is 82.4 Å². The van der Waals surface area contributed by atoms with E-state index in [0.29, 0.717) is 28.5 Å². The van der Waals surface area contributed by atoms with Gasteiger partial charge < -0.3 is 15.5 Å². The summed E-state index contributed by atoms with van der Waals surface area (Å²) < 4.78 is 0. The van der Waals surface area contributed by atoms with Gasteiger partial charge in [-0.1, -0.05) is 81.2 Å². The molecule has 6 heteroatoms. The molecule has 0 aliphatic carbocycles. The minimum atomic E-state index is -0.881. The van der Waals surface area contributed by atoms with Crippen LogP contribution in [-0.2, 0) is 4.79 Å². The first kappa shape index (κ1) is 27.4. The Balaban J connectivity index is 2.46. The van der Waals surface area contributed by atoms with Crippen molar-refractivity contribution in [2.45, 2.75) is 58.6 Å². The van der Waals surface area contributed by atoms with E-state index in [0.717, 1.165) is 5.56 Å². The summed E-state index contributed by atoms with van der Waals surface area (Å²) in [5.41, 5.74) is 0.353. The molecule has 0 aromatic heterocycles. The fourth-order valence-electron chi connectivity index (χ4n) is 3.98. The second-order valence-electron chi connectivity index (χ2n) is 9.99. The lowest BCUT2D eigenvalue weighted by Crippen LogP contribution is -2.51. The molecule has 2 aromatic carbocycles. The molecular formula is C27H35Cl2NO3. The second kappa shape index (κ2) is 11.5. The SMILES string of the molecule is C=CCC(C)(CC(c1cccc(Cl)c1)C(O)c1ccc(Cl)cc1)C(=O)NC(CO)C(C)(C)C. The van der Waals surface area contributed by atoms with E-state index < -0.39 is 23.5 Å². The number of carbonyl (C=O) groups is 1. The molecule has 0 radical (unpaired) electrons. The summed E-state index contributed by atoms with van der Waals surface area (Å²) in [6.45, 7) is 11.5. The van der Waals surface area contributed by atoms with Crippen molar-refractivity contribution in [1.82, 2.24) is 5.32 Å². The highest BCUT2D eigenvalue weighted by atomic mass is 35.5. The highest BCUT2D eigenvalue weighted by molar-refractivity contribution is 6.30. The minimum Gasteiger partial charge on any atom is -0.394 e. The number of carbonyl (C=O) groups excluding carboxylic acids is 1. The summed E-state index contributed by atoms with van der Waals surface area (Å²) in [5, 5.41) is 25.4. The third kappa shape index (κ3) is 7.31. The molecule has 0 heterocycles. The number of aliphatic hydroxyl groups excluding tert-OH is 2. The number of allylic oxidation sites excluding steroid dienone is 1. The first-order chi connectivity index (χ1) is 15.4. The van der Waals surface area contributed by atoms with Crippen LogP contribution in [0.15, 0.2) is 61.2 Å². The zero-order valence-corrected chi connectivity index (χ0v) is 21.3. The molecule has 4 unspecified atom stereocenters. The molecule has 2 rings (SSSR count). The van der Waals surface area contributed by atoms with Crippen molar-refractivity contribution in [1.29, 1.82) is 0 Å². The average Bonchev–Trinajstić information content (AvgIpc) is 2.75. The van der Waals surface area contributed by atoms with E-state index in [-0.39, 0.29) is 17.9 Å². The standard InChI is InChI=1S/C27H35Cl2NO3/c1-6-14-27(5,25(33)30-23(17-31)26(2,3)4)16-22(19-8-7-9-21(29)15-19)24(32)18-10-12-20(28)13-11-18/h6-13,15,22-24,31-32H,1,14,16-17H2,2-5H3,(H,30,33). The molecule has 1 amide bonds. The summed E-state index contributed by atoms with van der Waals surface area (Å²) >= 11 is 12.3. The van der Waals surface area contributed by atoms with Gasteiger partial charge in [-0.05, 0) is 53.6 Å². The predicted octanol–water partition coefficient (Wildman–Crippen LogP) is 6.31. The molecule has 4 atom stereocenters. The van der Waals surface area contributed by atoms with E-state index in [1.54, 1.807) is 36.4 Å². The summed E-state index contributed by atoms with van der Waals surface area (Å²) in [6, 6.07) is 14.0. The maximum absolute atomic E-state index is 13.5. The Labute approximate surface area is 207 Å². The second-order valence-corrected chi connectivity index (χ2v) is 10.9. The smallest absolute Gasteiger partial charge is 0.226 e. The van der Waals surface area contributed by atoms with Crippen LogP contribution in [0.5, 0.6) is 0 Å². The van der Waals surface area contributed by atoms with Crippen molar-refractivity contribution < 1.29 is 15.0 Å². The van der Waals surface area contributed by atoms with E-state index in [1.165, 1.54) is 0 Å². The molecule has 0 bridgehead atoms. The van der Waals surface area contributed by atoms with Crippen molar-refractivity contribution in [2.75, 3.05) is 6.61 Å². The Hall–Kier alpha value is -1.85. The Kier molecular flexibility index (Phi) is 9.57. The van der Waals surface area contributed by atoms with Gasteiger partial charge in [0.2, 0.25) is 5.91 Å². The summed E-state index contributed by atoms with van der Waals surface area (Å²) in [5.74, 6) is -0.602. The van der Waals surface area contributed by atoms with Gasteiger partial charge in [-0.15, -0.1) is 6.58 Å². The largest absolute Gasteiger partial charge is 0.394 e. The molecule has 0 aliphatic rings. The van der Waals surface area contributed by atoms with Crippen LogP contribution in [0, 0.1) is 10.8 Å². The summed E-state index contributed by atoms with van der Waals surface area (Å²) in [4.78, 5) is 13.5. The lowest BCUT2D eigenvalue weighted by Gasteiger charge is -2.37. The molecule has 0 aliphatic heterocycles. The van der Waals surface area contributed by atoms with Gasteiger partial charge in [-0.25, -0.2) is 0 Å². The maximum Gasteiger partial charge on any atom is 0.226 e. The molecule has 2 aromatic rings. The highest BCUT2D eigenvalue weighted by Gasteiger charge is 2.40. The van der Waals surface area contributed by atoms with Crippen LogP contribution in [0.2, 0.25) is 10.0 Å². The number of nitrogens with one attached hydrogen (secondary N) is 1.